The Morgan fingerprint density at radius 2 is 1.70 bits per heavy atom. The minimum atomic E-state index is -0.397. The average molecular weight is 435 g/mol. The summed E-state index contributed by atoms with van der Waals surface area (Å²) in [6, 6.07) is 8.55. The first-order valence-electron chi connectivity index (χ1n) is 7.78. The summed E-state index contributed by atoms with van der Waals surface area (Å²) in [5.41, 5.74) is 3.81. The third-order valence-electron chi connectivity index (χ3n) is 3.49. The summed E-state index contributed by atoms with van der Waals surface area (Å²) < 4.78 is 15.9. The molecule has 0 unspecified atom stereocenters. The second kappa shape index (κ2) is 9.63. The highest BCUT2D eigenvalue weighted by atomic mass is 79.9. The molecule has 0 radical (unpaired) electrons. The number of carbonyl (C=O) groups excluding carboxylic acids is 1. The molecule has 0 aliphatic heterocycles. The van der Waals surface area contributed by atoms with E-state index >= 15 is 0 Å². The van der Waals surface area contributed by atoms with Crippen LogP contribution >= 0.6 is 15.9 Å². The third kappa shape index (κ3) is 5.49. The number of aromatic hydroxyl groups is 1. The molecule has 2 N–H and O–H groups in total. The van der Waals surface area contributed by atoms with Gasteiger partial charge in [-0.3, -0.25) is 4.79 Å². The summed E-state index contributed by atoms with van der Waals surface area (Å²) in [7, 11) is 4.55. The standard InChI is InChI=1S/C19H19BrN2O5/c1-25-15-6-4-12(9-16(15)26-2)5-7-18(23)22-21-11-13-8-14(20)19(24)17(10-13)27-3/h4-11,24H,1-3H3,(H,22,23)/b7-5+,21-11-. The third-order valence-corrected chi connectivity index (χ3v) is 4.10. The van der Waals surface area contributed by atoms with Gasteiger partial charge in [0.2, 0.25) is 0 Å². The van der Waals surface area contributed by atoms with E-state index in [1.165, 1.54) is 19.4 Å². The number of amides is 1. The second-order valence-corrected chi connectivity index (χ2v) is 6.09. The molecule has 1 amide bonds. The van der Waals surface area contributed by atoms with Gasteiger partial charge in [-0.1, -0.05) is 6.07 Å². The van der Waals surface area contributed by atoms with Crippen molar-refractivity contribution in [2.45, 2.75) is 0 Å². The summed E-state index contributed by atoms with van der Waals surface area (Å²) >= 11 is 3.22. The number of ether oxygens (including phenoxy) is 3. The van der Waals surface area contributed by atoms with Crippen molar-refractivity contribution in [3.05, 3.63) is 52.0 Å². The lowest BCUT2D eigenvalue weighted by Gasteiger charge is -2.07. The predicted octanol–water partition coefficient (Wildman–Crippen LogP) is 3.34. The molecule has 2 aromatic rings. The zero-order chi connectivity index (χ0) is 19.8. The van der Waals surface area contributed by atoms with Gasteiger partial charge in [-0.25, -0.2) is 5.43 Å². The van der Waals surface area contributed by atoms with Crippen molar-refractivity contribution < 1.29 is 24.1 Å². The highest BCUT2D eigenvalue weighted by Gasteiger charge is 2.07. The first-order chi connectivity index (χ1) is 13.0. The smallest absolute Gasteiger partial charge is 0.264 e. The van der Waals surface area contributed by atoms with Crippen molar-refractivity contribution in [3.8, 4) is 23.0 Å². The number of phenols is 1. The number of methoxy groups -OCH3 is 3. The molecule has 0 atom stereocenters. The Morgan fingerprint density at radius 3 is 2.37 bits per heavy atom. The van der Waals surface area contributed by atoms with Crippen LogP contribution in [0, 0.1) is 0 Å². The maximum Gasteiger partial charge on any atom is 0.264 e. The van der Waals surface area contributed by atoms with E-state index in [1.807, 2.05) is 0 Å². The van der Waals surface area contributed by atoms with Gasteiger partial charge in [0.1, 0.15) is 0 Å². The average Bonchev–Trinajstić information content (AvgIpc) is 2.68. The Bertz CT molecular complexity index is 881. The van der Waals surface area contributed by atoms with E-state index in [4.69, 9.17) is 14.2 Å². The van der Waals surface area contributed by atoms with Crippen LogP contribution in [0.2, 0.25) is 0 Å². The molecular formula is C19H19BrN2O5. The largest absolute Gasteiger partial charge is 0.503 e. The molecule has 0 spiro atoms. The molecule has 0 aliphatic rings. The fourth-order valence-corrected chi connectivity index (χ4v) is 2.62. The van der Waals surface area contributed by atoms with Crippen LogP contribution in [-0.4, -0.2) is 38.6 Å². The van der Waals surface area contributed by atoms with E-state index in [-0.39, 0.29) is 5.75 Å². The van der Waals surface area contributed by atoms with Crippen molar-refractivity contribution in [2.75, 3.05) is 21.3 Å². The molecule has 0 heterocycles. The topological polar surface area (TPSA) is 89.4 Å². The molecule has 2 rings (SSSR count). The van der Waals surface area contributed by atoms with Gasteiger partial charge in [-0.2, -0.15) is 5.10 Å². The van der Waals surface area contributed by atoms with Gasteiger partial charge in [-0.15, -0.1) is 0 Å². The van der Waals surface area contributed by atoms with Gasteiger partial charge in [0, 0.05) is 6.08 Å². The maximum atomic E-state index is 11.9. The van der Waals surface area contributed by atoms with E-state index in [9.17, 15) is 9.90 Å². The normalized spacial score (nSPS) is 11.0. The number of hydrazone groups is 1. The molecular weight excluding hydrogens is 416 g/mol. The van der Waals surface area contributed by atoms with Crippen LogP contribution in [0.15, 0.2) is 46.0 Å². The summed E-state index contributed by atoms with van der Waals surface area (Å²) in [5.74, 6) is 1.08. The highest BCUT2D eigenvalue weighted by Crippen LogP contribution is 2.34. The Balaban J connectivity index is 2.01. The molecule has 7 nitrogen and oxygen atoms in total. The fraction of sp³-hybridized carbons (Fsp3) is 0.158. The van der Waals surface area contributed by atoms with Crippen LogP contribution in [0.1, 0.15) is 11.1 Å². The lowest BCUT2D eigenvalue weighted by atomic mass is 10.2. The van der Waals surface area contributed by atoms with Crippen LogP contribution < -0.4 is 19.6 Å². The van der Waals surface area contributed by atoms with Gasteiger partial charge in [-0.05, 0) is 57.4 Å². The molecule has 0 aromatic heterocycles. The van der Waals surface area contributed by atoms with Crippen molar-refractivity contribution in [1.29, 1.82) is 0 Å². The molecule has 0 bridgehead atoms. The summed E-state index contributed by atoms with van der Waals surface area (Å²) in [4.78, 5) is 11.9. The number of rotatable bonds is 7. The second-order valence-electron chi connectivity index (χ2n) is 5.24. The Morgan fingerprint density at radius 1 is 1.04 bits per heavy atom. The van der Waals surface area contributed by atoms with Gasteiger partial charge in [0.15, 0.2) is 23.0 Å². The van der Waals surface area contributed by atoms with Crippen LogP contribution in [0.3, 0.4) is 0 Å². The molecule has 142 valence electrons. The predicted molar refractivity (Wildman–Crippen MR) is 107 cm³/mol. The molecule has 0 saturated carbocycles. The summed E-state index contributed by atoms with van der Waals surface area (Å²) in [6.07, 6.45) is 4.42. The fourth-order valence-electron chi connectivity index (χ4n) is 2.16. The Hall–Kier alpha value is -3.00. The zero-order valence-electron chi connectivity index (χ0n) is 15.0. The monoisotopic (exact) mass is 434 g/mol. The minimum Gasteiger partial charge on any atom is -0.503 e. The van der Waals surface area contributed by atoms with E-state index in [0.29, 0.717) is 27.3 Å². The minimum absolute atomic E-state index is 0.00320. The first kappa shape index (κ1) is 20.3. The van der Waals surface area contributed by atoms with Gasteiger partial charge >= 0.3 is 0 Å². The van der Waals surface area contributed by atoms with Gasteiger partial charge in [0.25, 0.3) is 5.91 Å². The zero-order valence-corrected chi connectivity index (χ0v) is 16.6. The van der Waals surface area contributed by atoms with Crippen molar-refractivity contribution in [2.24, 2.45) is 5.10 Å². The number of nitrogens with one attached hydrogen (secondary N) is 1. The Labute approximate surface area is 165 Å². The SMILES string of the molecule is COc1ccc(/C=C/C(=O)N/N=C\c2cc(Br)c(O)c(OC)c2)cc1OC. The molecule has 0 fully saturated rings. The van der Waals surface area contributed by atoms with Crippen LogP contribution in [-0.2, 0) is 4.79 Å². The number of phenolic OH excluding ortho intramolecular Hbond substituents is 1. The summed E-state index contributed by atoms with van der Waals surface area (Å²) in [5, 5.41) is 13.7. The van der Waals surface area contributed by atoms with Crippen molar-refractivity contribution in [3.63, 3.8) is 0 Å². The number of hydrogen-bond donors (Lipinski definition) is 2. The van der Waals surface area contributed by atoms with Gasteiger partial charge in [0.05, 0.1) is 32.0 Å². The van der Waals surface area contributed by atoms with E-state index in [0.717, 1.165) is 5.56 Å². The van der Waals surface area contributed by atoms with Crippen molar-refractivity contribution >= 4 is 34.1 Å². The van der Waals surface area contributed by atoms with E-state index < -0.39 is 5.91 Å². The number of hydrogen-bond acceptors (Lipinski definition) is 6. The molecule has 27 heavy (non-hydrogen) atoms. The van der Waals surface area contributed by atoms with E-state index in [1.54, 1.807) is 50.6 Å². The van der Waals surface area contributed by atoms with Crippen molar-refractivity contribution in [1.82, 2.24) is 5.43 Å². The highest BCUT2D eigenvalue weighted by molar-refractivity contribution is 9.10. The van der Waals surface area contributed by atoms with E-state index in [2.05, 4.69) is 26.5 Å². The van der Waals surface area contributed by atoms with Crippen LogP contribution in [0.25, 0.3) is 6.08 Å². The quantitative estimate of drug-likeness (QED) is 0.396. The number of benzene rings is 2. The summed E-state index contributed by atoms with van der Waals surface area (Å²) in [6.45, 7) is 0. The number of nitrogens with zero attached hydrogens (tertiary/aromatic N) is 1. The van der Waals surface area contributed by atoms with Crippen LogP contribution in [0.4, 0.5) is 0 Å². The molecule has 0 saturated heterocycles. The van der Waals surface area contributed by atoms with Gasteiger partial charge < -0.3 is 19.3 Å². The molecule has 0 aliphatic carbocycles. The number of carbonyl (C=O) groups is 1. The number of halogens is 1. The maximum absolute atomic E-state index is 11.9. The molecule has 2 aromatic carbocycles. The first-order valence-corrected chi connectivity index (χ1v) is 8.57. The van der Waals surface area contributed by atoms with Crippen LogP contribution in [0.5, 0.6) is 23.0 Å². The lowest BCUT2D eigenvalue weighted by molar-refractivity contribution is -0.116. The molecule has 8 heteroatoms. The lowest BCUT2D eigenvalue weighted by Crippen LogP contribution is -2.14. The Kier molecular flexibility index (Phi) is 7.25.